The lowest BCUT2D eigenvalue weighted by Gasteiger charge is -2.05. The van der Waals surface area contributed by atoms with E-state index in [0.29, 0.717) is 18.3 Å². The molecule has 2 rings (SSSR count). The van der Waals surface area contributed by atoms with Crippen molar-refractivity contribution in [2.24, 2.45) is 5.92 Å². The molecule has 0 unspecified atom stereocenters. The van der Waals surface area contributed by atoms with Crippen LogP contribution in [0, 0.1) is 16.0 Å². The number of carbonyl (C=O) groups is 1. The van der Waals surface area contributed by atoms with E-state index in [1.165, 1.54) is 12.1 Å². The molecule has 0 heterocycles. The highest BCUT2D eigenvalue weighted by Crippen LogP contribution is 2.31. The summed E-state index contributed by atoms with van der Waals surface area (Å²) in [5.41, 5.74) is -0.764. The predicted octanol–water partition coefficient (Wildman–Crippen LogP) is 2.08. The lowest BCUT2D eigenvalue weighted by molar-refractivity contribution is -0.385. The van der Waals surface area contributed by atoms with Crippen molar-refractivity contribution in [3.63, 3.8) is 0 Å². The van der Waals surface area contributed by atoms with Crippen LogP contribution >= 0.6 is 0 Å². The molecule has 0 saturated heterocycles. The van der Waals surface area contributed by atoms with Gasteiger partial charge in [-0.15, -0.1) is 0 Å². The van der Waals surface area contributed by atoms with Gasteiger partial charge < -0.3 is 9.84 Å². The van der Waals surface area contributed by atoms with Gasteiger partial charge in [-0.25, -0.2) is 4.79 Å². The number of nitro benzene ring substituents is 1. The lowest BCUT2D eigenvalue weighted by Crippen LogP contribution is -2.04. The van der Waals surface area contributed by atoms with Crippen LogP contribution in [-0.4, -0.2) is 22.6 Å². The Kier molecular flexibility index (Phi) is 2.95. The number of nitro groups is 1. The van der Waals surface area contributed by atoms with E-state index in [4.69, 9.17) is 9.84 Å². The Morgan fingerprint density at radius 3 is 2.76 bits per heavy atom. The van der Waals surface area contributed by atoms with Crippen LogP contribution in [0.15, 0.2) is 18.2 Å². The van der Waals surface area contributed by atoms with Crippen LogP contribution in [0.3, 0.4) is 0 Å². The van der Waals surface area contributed by atoms with Gasteiger partial charge in [0.25, 0.3) is 5.69 Å². The molecule has 6 heteroatoms. The summed E-state index contributed by atoms with van der Waals surface area (Å²) < 4.78 is 5.36. The van der Waals surface area contributed by atoms with Gasteiger partial charge in [0.2, 0.25) is 0 Å². The molecule has 0 bridgehead atoms. The quantitative estimate of drug-likeness (QED) is 0.625. The van der Waals surface area contributed by atoms with E-state index in [2.05, 4.69) is 0 Å². The minimum Gasteiger partial charge on any atom is -0.493 e. The van der Waals surface area contributed by atoms with E-state index in [1.807, 2.05) is 0 Å². The van der Waals surface area contributed by atoms with Gasteiger partial charge in [0.15, 0.2) is 0 Å². The Hall–Kier alpha value is -2.11. The molecule has 1 aromatic rings. The van der Waals surface area contributed by atoms with Gasteiger partial charge in [0, 0.05) is 0 Å². The summed E-state index contributed by atoms with van der Waals surface area (Å²) in [4.78, 5) is 20.8. The normalized spacial score (nSPS) is 14.4. The van der Waals surface area contributed by atoms with Crippen LogP contribution in [0.2, 0.25) is 0 Å². The molecule has 1 aliphatic carbocycles. The first-order valence-corrected chi connectivity index (χ1v) is 5.22. The molecule has 90 valence electrons. The van der Waals surface area contributed by atoms with Crippen LogP contribution in [0.4, 0.5) is 5.69 Å². The molecule has 17 heavy (non-hydrogen) atoms. The monoisotopic (exact) mass is 237 g/mol. The van der Waals surface area contributed by atoms with E-state index in [1.54, 1.807) is 0 Å². The van der Waals surface area contributed by atoms with Crippen molar-refractivity contribution in [3.05, 3.63) is 33.9 Å². The van der Waals surface area contributed by atoms with Crippen molar-refractivity contribution in [1.29, 1.82) is 0 Å². The van der Waals surface area contributed by atoms with Crippen molar-refractivity contribution in [2.45, 2.75) is 12.8 Å². The smallest absolute Gasteiger partial charge is 0.342 e. The first-order valence-electron chi connectivity index (χ1n) is 5.22. The highest BCUT2D eigenvalue weighted by atomic mass is 16.6. The Morgan fingerprint density at radius 1 is 1.53 bits per heavy atom. The fraction of sp³-hybridized carbons (Fsp3) is 0.364. The highest BCUT2D eigenvalue weighted by molar-refractivity contribution is 5.92. The maximum atomic E-state index is 10.8. The van der Waals surface area contributed by atoms with E-state index in [0.717, 1.165) is 18.9 Å². The molecule has 1 saturated carbocycles. The second-order valence-electron chi connectivity index (χ2n) is 4.00. The Morgan fingerprint density at radius 2 is 2.24 bits per heavy atom. The highest BCUT2D eigenvalue weighted by Gasteiger charge is 2.24. The van der Waals surface area contributed by atoms with Crippen molar-refractivity contribution >= 4 is 11.7 Å². The van der Waals surface area contributed by atoms with Crippen LogP contribution in [0.1, 0.15) is 23.2 Å². The van der Waals surface area contributed by atoms with E-state index >= 15 is 0 Å². The molecule has 1 aromatic carbocycles. The summed E-state index contributed by atoms with van der Waals surface area (Å²) in [5, 5.41) is 19.5. The lowest BCUT2D eigenvalue weighted by atomic mass is 10.2. The summed E-state index contributed by atoms with van der Waals surface area (Å²) >= 11 is 0. The zero-order valence-corrected chi connectivity index (χ0v) is 8.96. The molecule has 1 N–H and O–H groups in total. The molecule has 0 atom stereocenters. The molecule has 0 amide bonds. The SMILES string of the molecule is O=C(O)c1ccc(OCC2CC2)cc1[N+](=O)[O-]. The van der Waals surface area contributed by atoms with Gasteiger partial charge in [-0.05, 0) is 30.9 Å². The van der Waals surface area contributed by atoms with Crippen molar-refractivity contribution in [2.75, 3.05) is 6.61 Å². The third-order valence-corrected chi connectivity index (χ3v) is 2.58. The summed E-state index contributed by atoms with van der Waals surface area (Å²) in [7, 11) is 0. The summed E-state index contributed by atoms with van der Waals surface area (Å²) in [5.74, 6) is -0.438. The number of benzene rings is 1. The Labute approximate surface area is 97.0 Å². The summed E-state index contributed by atoms with van der Waals surface area (Å²) in [6, 6.07) is 3.80. The van der Waals surface area contributed by atoms with Gasteiger partial charge in [-0.1, -0.05) is 0 Å². The van der Waals surface area contributed by atoms with Gasteiger partial charge in [-0.2, -0.15) is 0 Å². The summed E-state index contributed by atoms with van der Waals surface area (Å²) in [6.07, 6.45) is 2.24. The van der Waals surface area contributed by atoms with Crippen LogP contribution in [0.25, 0.3) is 0 Å². The van der Waals surface area contributed by atoms with Crippen molar-refractivity contribution in [1.82, 2.24) is 0 Å². The molecule has 0 radical (unpaired) electrons. The fourth-order valence-electron chi connectivity index (χ4n) is 1.43. The minimum atomic E-state index is -1.31. The van der Waals surface area contributed by atoms with Crippen LogP contribution in [0.5, 0.6) is 5.75 Å². The molecule has 6 nitrogen and oxygen atoms in total. The van der Waals surface area contributed by atoms with Gasteiger partial charge in [0.05, 0.1) is 17.6 Å². The van der Waals surface area contributed by atoms with Gasteiger partial charge >= 0.3 is 5.97 Å². The van der Waals surface area contributed by atoms with E-state index in [9.17, 15) is 14.9 Å². The largest absolute Gasteiger partial charge is 0.493 e. The second kappa shape index (κ2) is 4.40. The van der Waals surface area contributed by atoms with E-state index in [-0.39, 0.29) is 5.56 Å². The Balaban J connectivity index is 2.20. The topological polar surface area (TPSA) is 89.7 Å². The molecule has 0 aromatic heterocycles. The number of nitrogens with zero attached hydrogens (tertiary/aromatic N) is 1. The van der Waals surface area contributed by atoms with Gasteiger partial charge in [0.1, 0.15) is 11.3 Å². The maximum Gasteiger partial charge on any atom is 0.342 e. The first kappa shape index (κ1) is 11.4. The maximum absolute atomic E-state index is 10.8. The van der Waals surface area contributed by atoms with Crippen molar-refractivity contribution in [3.8, 4) is 5.75 Å². The molecule has 0 aliphatic heterocycles. The standard InChI is InChI=1S/C11H11NO5/c13-11(14)9-4-3-8(5-10(9)12(15)16)17-6-7-1-2-7/h3-5,7H,1-2,6H2,(H,13,14). The summed E-state index contributed by atoms with van der Waals surface area (Å²) in [6.45, 7) is 0.531. The number of rotatable bonds is 5. The zero-order valence-electron chi connectivity index (χ0n) is 8.96. The van der Waals surface area contributed by atoms with Gasteiger partial charge in [-0.3, -0.25) is 10.1 Å². The average molecular weight is 237 g/mol. The average Bonchev–Trinajstić information content (AvgIpc) is 3.09. The third-order valence-electron chi connectivity index (χ3n) is 2.58. The number of ether oxygens (including phenoxy) is 1. The van der Waals surface area contributed by atoms with E-state index < -0.39 is 16.6 Å². The molecular weight excluding hydrogens is 226 g/mol. The number of hydrogen-bond acceptors (Lipinski definition) is 4. The fourth-order valence-corrected chi connectivity index (χ4v) is 1.43. The molecule has 0 spiro atoms. The number of carboxylic acid groups (broad SMARTS) is 1. The molecule has 1 aliphatic rings. The zero-order chi connectivity index (χ0) is 12.4. The van der Waals surface area contributed by atoms with Crippen LogP contribution in [-0.2, 0) is 0 Å². The Bertz CT molecular complexity index is 467. The van der Waals surface area contributed by atoms with Crippen LogP contribution < -0.4 is 4.74 Å². The minimum absolute atomic E-state index is 0.325. The third kappa shape index (κ3) is 2.72. The number of aromatic carboxylic acids is 1. The molecular formula is C11H11NO5. The molecule has 1 fully saturated rings. The number of hydrogen-bond donors (Lipinski definition) is 1. The first-order chi connectivity index (χ1) is 8.08. The predicted molar refractivity (Wildman–Crippen MR) is 58.3 cm³/mol. The second-order valence-corrected chi connectivity index (χ2v) is 4.00. The van der Waals surface area contributed by atoms with Crippen molar-refractivity contribution < 1.29 is 19.6 Å². The number of carboxylic acids is 1.